The van der Waals surface area contributed by atoms with Gasteiger partial charge >= 0.3 is 0 Å². The molecule has 0 bridgehead atoms. The normalized spacial score (nSPS) is 10.6. The van der Waals surface area contributed by atoms with Crippen molar-refractivity contribution in [2.75, 3.05) is 19.4 Å². The number of aromatic amines is 1. The number of aryl methyl sites for hydroxylation is 1. The third kappa shape index (κ3) is 4.73. The number of ether oxygens (including phenoxy) is 1. The smallest absolute Gasteiger partial charge is 0.261 e. The average Bonchev–Trinajstić information content (AvgIpc) is 3.10. The van der Waals surface area contributed by atoms with Gasteiger partial charge in [0.2, 0.25) is 0 Å². The van der Waals surface area contributed by atoms with Crippen LogP contribution in [0.3, 0.4) is 0 Å². The number of methoxy groups -OCH3 is 1. The summed E-state index contributed by atoms with van der Waals surface area (Å²) in [5, 5.41) is 5.20. The maximum atomic E-state index is 12.3. The second-order valence-corrected chi connectivity index (χ2v) is 6.77. The third-order valence-corrected chi connectivity index (χ3v) is 4.74. The van der Waals surface area contributed by atoms with Gasteiger partial charge in [-0.15, -0.1) is 11.3 Å². The molecule has 1 amide bonds. The Morgan fingerprint density at radius 1 is 1.26 bits per heavy atom. The molecule has 0 aliphatic heterocycles. The summed E-state index contributed by atoms with van der Waals surface area (Å²) in [6.07, 6.45) is 1.44. The van der Waals surface area contributed by atoms with Crippen molar-refractivity contribution in [2.45, 2.75) is 12.8 Å². The van der Waals surface area contributed by atoms with Crippen LogP contribution in [0.15, 0.2) is 46.6 Å². The van der Waals surface area contributed by atoms with E-state index >= 15 is 0 Å². The number of thiazole rings is 1. The molecule has 4 N–H and O–H groups in total. The number of rotatable bonds is 7. The van der Waals surface area contributed by atoms with Crippen LogP contribution in [0.25, 0.3) is 11.3 Å². The maximum Gasteiger partial charge on any atom is 0.261 e. The highest BCUT2D eigenvalue weighted by Crippen LogP contribution is 2.19. The van der Waals surface area contributed by atoms with Crippen LogP contribution in [-0.4, -0.2) is 29.5 Å². The van der Waals surface area contributed by atoms with Crippen LogP contribution in [0, 0.1) is 0 Å². The lowest BCUT2D eigenvalue weighted by Gasteiger charge is -2.07. The van der Waals surface area contributed by atoms with Crippen LogP contribution in [0.4, 0.5) is 5.13 Å². The van der Waals surface area contributed by atoms with E-state index in [2.05, 4.69) is 15.3 Å². The van der Waals surface area contributed by atoms with E-state index in [1.165, 1.54) is 17.4 Å². The van der Waals surface area contributed by atoms with E-state index in [0.717, 1.165) is 29.8 Å². The fourth-order valence-corrected chi connectivity index (χ4v) is 3.19. The monoisotopic (exact) mass is 384 g/mol. The highest BCUT2D eigenvalue weighted by Gasteiger charge is 2.11. The molecular formula is C19H20N4O3S. The first-order chi connectivity index (χ1) is 13.1. The molecule has 0 saturated carbocycles. The fraction of sp³-hybridized carbons (Fsp3) is 0.211. The number of carbonyl (C=O) groups excluding carboxylic acids is 1. The summed E-state index contributed by atoms with van der Waals surface area (Å²) in [4.78, 5) is 31.4. The Labute approximate surface area is 160 Å². The van der Waals surface area contributed by atoms with Gasteiger partial charge in [-0.05, 0) is 54.8 Å². The van der Waals surface area contributed by atoms with Crippen molar-refractivity contribution < 1.29 is 9.53 Å². The van der Waals surface area contributed by atoms with E-state index < -0.39 is 11.5 Å². The highest BCUT2D eigenvalue weighted by molar-refractivity contribution is 7.13. The van der Waals surface area contributed by atoms with Crippen LogP contribution in [-0.2, 0) is 6.42 Å². The van der Waals surface area contributed by atoms with Gasteiger partial charge in [0, 0.05) is 17.6 Å². The minimum atomic E-state index is -0.423. The van der Waals surface area contributed by atoms with Crippen LogP contribution in [0.1, 0.15) is 22.5 Å². The molecule has 27 heavy (non-hydrogen) atoms. The van der Waals surface area contributed by atoms with E-state index in [-0.39, 0.29) is 5.56 Å². The van der Waals surface area contributed by atoms with Gasteiger partial charge in [-0.2, -0.15) is 0 Å². The summed E-state index contributed by atoms with van der Waals surface area (Å²) in [6.45, 7) is 0.454. The Morgan fingerprint density at radius 3 is 2.67 bits per heavy atom. The molecule has 0 aliphatic rings. The van der Waals surface area contributed by atoms with Crippen molar-refractivity contribution >= 4 is 22.4 Å². The number of H-pyrrole nitrogens is 1. The zero-order valence-electron chi connectivity index (χ0n) is 14.8. The molecule has 0 saturated heterocycles. The molecule has 0 radical (unpaired) electrons. The summed E-state index contributed by atoms with van der Waals surface area (Å²) in [6, 6.07) is 10.6. The lowest BCUT2D eigenvalue weighted by molar-refractivity contribution is 0.0951. The Hall–Kier alpha value is -3.13. The number of anilines is 1. The van der Waals surface area contributed by atoms with E-state index in [1.54, 1.807) is 13.2 Å². The SMILES string of the molecule is COc1ccc(-c2ccc(C(=O)NCCCc3csc(N)n3)c(=O)[nH]2)cc1. The summed E-state index contributed by atoms with van der Waals surface area (Å²) < 4.78 is 5.12. The summed E-state index contributed by atoms with van der Waals surface area (Å²) in [5.41, 5.74) is 7.64. The van der Waals surface area contributed by atoms with Gasteiger partial charge in [-0.3, -0.25) is 9.59 Å². The van der Waals surface area contributed by atoms with Crippen LogP contribution >= 0.6 is 11.3 Å². The number of nitrogen functional groups attached to an aromatic ring is 1. The van der Waals surface area contributed by atoms with Gasteiger partial charge < -0.3 is 20.8 Å². The number of pyridine rings is 1. The van der Waals surface area contributed by atoms with Gasteiger partial charge in [0.1, 0.15) is 11.3 Å². The number of amides is 1. The minimum Gasteiger partial charge on any atom is -0.497 e. The molecule has 2 aromatic heterocycles. The summed E-state index contributed by atoms with van der Waals surface area (Å²) in [7, 11) is 1.59. The zero-order valence-corrected chi connectivity index (χ0v) is 15.6. The predicted octanol–water partition coefficient (Wildman–Crippen LogP) is 2.45. The Morgan fingerprint density at radius 2 is 2.04 bits per heavy atom. The number of hydrogen-bond donors (Lipinski definition) is 3. The molecule has 1 aromatic carbocycles. The van der Waals surface area contributed by atoms with Gasteiger partial charge in [0.15, 0.2) is 5.13 Å². The number of carbonyl (C=O) groups is 1. The Kier molecular flexibility index (Phi) is 5.87. The predicted molar refractivity (Wildman–Crippen MR) is 106 cm³/mol. The van der Waals surface area contributed by atoms with Gasteiger partial charge in [0.05, 0.1) is 12.8 Å². The van der Waals surface area contributed by atoms with E-state index in [9.17, 15) is 9.59 Å². The number of nitrogens with zero attached hydrogens (tertiary/aromatic N) is 1. The summed E-state index contributed by atoms with van der Waals surface area (Å²) >= 11 is 1.40. The van der Waals surface area contributed by atoms with Crippen molar-refractivity contribution in [1.82, 2.24) is 15.3 Å². The Bertz CT molecular complexity index is 979. The number of aromatic nitrogens is 2. The fourth-order valence-electron chi connectivity index (χ4n) is 2.60. The second kappa shape index (κ2) is 8.50. The number of hydrogen-bond acceptors (Lipinski definition) is 6. The first-order valence-electron chi connectivity index (χ1n) is 8.42. The van der Waals surface area contributed by atoms with Crippen LogP contribution in [0.5, 0.6) is 5.75 Å². The summed E-state index contributed by atoms with van der Waals surface area (Å²) in [5.74, 6) is 0.341. The minimum absolute atomic E-state index is 0.0881. The topological polar surface area (TPSA) is 110 Å². The van der Waals surface area contributed by atoms with E-state index in [4.69, 9.17) is 10.5 Å². The van der Waals surface area contributed by atoms with Gasteiger partial charge in [-0.25, -0.2) is 4.98 Å². The van der Waals surface area contributed by atoms with Crippen molar-refractivity contribution in [1.29, 1.82) is 0 Å². The van der Waals surface area contributed by atoms with E-state index in [0.29, 0.717) is 17.4 Å². The number of nitrogens with two attached hydrogens (primary N) is 1. The first-order valence-corrected chi connectivity index (χ1v) is 9.30. The molecule has 0 aliphatic carbocycles. The molecule has 0 unspecified atom stereocenters. The molecule has 3 rings (SSSR count). The number of nitrogens with one attached hydrogen (secondary N) is 2. The van der Waals surface area contributed by atoms with Gasteiger partial charge in [0.25, 0.3) is 11.5 Å². The van der Waals surface area contributed by atoms with Crippen molar-refractivity contribution in [3.05, 3.63) is 63.4 Å². The first kappa shape index (κ1) is 18.7. The molecule has 7 nitrogen and oxygen atoms in total. The quantitative estimate of drug-likeness (QED) is 0.542. The molecule has 140 valence electrons. The largest absolute Gasteiger partial charge is 0.497 e. The highest BCUT2D eigenvalue weighted by atomic mass is 32.1. The molecule has 8 heteroatoms. The van der Waals surface area contributed by atoms with Crippen molar-refractivity contribution in [2.24, 2.45) is 0 Å². The van der Waals surface area contributed by atoms with Gasteiger partial charge in [-0.1, -0.05) is 0 Å². The van der Waals surface area contributed by atoms with Crippen molar-refractivity contribution in [3.63, 3.8) is 0 Å². The van der Waals surface area contributed by atoms with Crippen LogP contribution in [0.2, 0.25) is 0 Å². The average molecular weight is 384 g/mol. The lowest BCUT2D eigenvalue weighted by atomic mass is 10.1. The molecule has 0 fully saturated rings. The maximum absolute atomic E-state index is 12.3. The Balaban J connectivity index is 1.59. The zero-order chi connectivity index (χ0) is 19.2. The van der Waals surface area contributed by atoms with E-state index in [1.807, 2.05) is 29.6 Å². The van der Waals surface area contributed by atoms with Crippen LogP contribution < -0.4 is 21.3 Å². The molecule has 0 atom stereocenters. The molecule has 0 spiro atoms. The number of benzene rings is 1. The molecule has 2 heterocycles. The standard InChI is InChI=1S/C19H20N4O3S/c1-26-14-6-4-12(5-7-14)16-9-8-15(18(25)23-16)17(24)21-10-2-3-13-11-27-19(20)22-13/h4-9,11H,2-3,10H2,1H3,(H2,20,22)(H,21,24)(H,23,25). The van der Waals surface area contributed by atoms with Crippen molar-refractivity contribution in [3.8, 4) is 17.0 Å². The second-order valence-electron chi connectivity index (χ2n) is 5.88. The molecule has 3 aromatic rings. The lowest BCUT2D eigenvalue weighted by Crippen LogP contribution is -2.30. The molecular weight excluding hydrogens is 364 g/mol. The third-order valence-electron chi connectivity index (χ3n) is 4.02.